The molecule has 1 amide bonds. The Labute approximate surface area is 143 Å². The smallest absolute Gasteiger partial charge is 0.308 e. The van der Waals surface area contributed by atoms with E-state index in [1.54, 1.807) is 4.90 Å². The number of carbonyl (C=O) groups excluding carboxylic acids is 2. The summed E-state index contributed by atoms with van der Waals surface area (Å²) in [6, 6.07) is 6.00. The summed E-state index contributed by atoms with van der Waals surface area (Å²) in [4.78, 5) is 26.2. The Morgan fingerprint density at radius 1 is 1.25 bits per heavy atom. The molecule has 1 aliphatic heterocycles. The van der Waals surface area contributed by atoms with Crippen LogP contribution in [0.15, 0.2) is 18.2 Å². The topological polar surface area (TPSA) is 55.8 Å². The molecular weight excluding hydrogens is 306 g/mol. The van der Waals surface area contributed by atoms with Gasteiger partial charge in [0.25, 0.3) is 5.91 Å². The molecule has 0 aromatic heterocycles. The summed E-state index contributed by atoms with van der Waals surface area (Å²) in [7, 11) is 1.41. The van der Waals surface area contributed by atoms with E-state index >= 15 is 0 Å². The molecule has 1 aromatic carbocycles. The van der Waals surface area contributed by atoms with E-state index < -0.39 is 6.10 Å². The van der Waals surface area contributed by atoms with Gasteiger partial charge in [-0.15, -0.1) is 0 Å². The van der Waals surface area contributed by atoms with Gasteiger partial charge in [0.2, 0.25) is 0 Å². The minimum atomic E-state index is -0.486. The van der Waals surface area contributed by atoms with Crippen molar-refractivity contribution in [2.45, 2.75) is 46.1 Å². The normalized spacial score (nSPS) is 16.6. The Kier molecular flexibility index (Phi) is 6.23. The van der Waals surface area contributed by atoms with Crippen LogP contribution < -0.4 is 4.74 Å². The second-order valence-electron chi connectivity index (χ2n) is 6.41. The van der Waals surface area contributed by atoms with Crippen molar-refractivity contribution in [1.82, 2.24) is 4.90 Å². The van der Waals surface area contributed by atoms with Gasteiger partial charge in [-0.2, -0.15) is 0 Å². The van der Waals surface area contributed by atoms with Crippen molar-refractivity contribution in [3.8, 4) is 5.75 Å². The van der Waals surface area contributed by atoms with Crippen LogP contribution in [0.4, 0.5) is 0 Å². The number of amides is 1. The fourth-order valence-corrected chi connectivity index (χ4v) is 3.00. The first kappa shape index (κ1) is 18.3. The van der Waals surface area contributed by atoms with Gasteiger partial charge in [-0.3, -0.25) is 9.59 Å². The van der Waals surface area contributed by atoms with E-state index in [0.717, 1.165) is 16.9 Å². The maximum absolute atomic E-state index is 12.8. The minimum absolute atomic E-state index is 0.00159. The van der Waals surface area contributed by atoms with Crippen LogP contribution in [-0.2, 0) is 14.3 Å². The third-order valence-electron chi connectivity index (χ3n) is 4.60. The lowest BCUT2D eigenvalue weighted by Gasteiger charge is -2.33. The molecule has 0 unspecified atom stereocenters. The van der Waals surface area contributed by atoms with Crippen molar-refractivity contribution >= 4 is 11.9 Å². The van der Waals surface area contributed by atoms with Crippen LogP contribution in [0, 0.1) is 19.8 Å². The van der Waals surface area contributed by atoms with Crippen LogP contribution in [-0.4, -0.2) is 43.1 Å². The number of ether oxygens (including phenoxy) is 2. The van der Waals surface area contributed by atoms with Gasteiger partial charge < -0.3 is 14.4 Å². The van der Waals surface area contributed by atoms with E-state index in [1.807, 2.05) is 39.0 Å². The van der Waals surface area contributed by atoms with Crippen LogP contribution in [0.1, 0.15) is 37.3 Å². The molecular formula is C19H27NO4. The number of piperidine rings is 1. The number of carbonyl (C=O) groups is 2. The van der Waals surface area contributed by atoms with E-state index in [2.05, 4.69) is 0 Å². The van der Waals surface area contributed by atoms with Crippen molar-refractivity contribution in [2.24, 2.45) is 5.92 Å². The highest BCUT2D eigenvalue weighted by Gasteiger charge is 2.31. The van der Waals surface area contributed by atoms with Crippen molar-refractivity contribution in [3.63, 3.8) is 0 Å². The molecule has 1 heterocycles. The highest BCUT2D eigenvalue weighted by Crippen LogP contribution is 2.24. The number of hydrogen-bond donors (Lipinski definition) is 0. The summed E-state index contributed by atoms with van der Waals surface area (Å²) in [6.45, 7) is 7.09. The van der Waals surface area contributed by atoms with E-state index in [-0.39, 0.29) is 17.8 Å². The van der Waals surface area contributed by atoms with E-state index in [9.17, 15) is 9.59 Å². The Morgan fingerprint density at radius 3 is 2.50 bits per heavy atom. The first-order valence-corrected chi connectivity index (χ1v) is 8.56. The molecule has 1 aromatic rings. The molecule has 5 heteroatoms. The molecule has 5 nitrogen and oxygen atoms in total. The molecule has 1 fully saturated rings. The monoisotopic (exact) mass is 333 g/mol. The highest BCUT2D eigenvalue weighted by atomic mass is 16.5. The number of methoxy groups -OCH3 is 1. The highest BCUT2D eigenvalue weighted by molar-refractivity contribution is 5.82. The lowest BCUT2D eigenvalue weighted by Crippen LogP contribution is -2.46. The largest absolute Gasteiger partial charge is 0.480 e. The maximum Gasteiger partial charge on any atom is 0.308 e. The van der Waals surface area contributed by atoms with Crippen LogP contribution in [0.2, 0.25) is 0 Å². The standard InChI is InChI=1S/C19H27NO4/c1-5-16(24-17-12-13(2)6-7-14(17)3)18(21)20-10-8-15(9-11-20)19(22)23-4/h6-7,12,15-16H,5,8-11H2,1-4H3/t16-/m1/s1. The van der Waals surface area contributed by atoms with Gasteiger partial charge in [0.15, 0.2) is 6.10 Å². The number of hydrogen-bond acceptors (Lipinski definition) is 4. The number of benzene rings is 1. The average molecular weight is 333 g/mol. The van der Waals surface area contributed by atoms with E-state index in [4.69, 9.17) is 9.47 Å². The lowest BCUT2D eigenvalue weighted by molar-refractivity contribution is -0.150. The first-order valence-electron chi connectivity index (χ1n) is 8.56. The third-order valence-corrected chi connectivity index (χ3v) is 4.60. The SMILES string of the molecule is CC[C@@H](Oc1cc(C)ccc1C)C(=O)N1CCC(C(=O)OC)CC1. The van der Waals surface area contributed by atoms with Crippen molar-refractivity contribution < 1.29 is 19.1 Å². The Balaban J connectivity index is 1.99. The Hall–Kier alpha value is -2.04. The molecule has 0 saturated carbocycles. The fraction of sp³-hybridized carbons (Fsp3) is 0.579. The molecule has 0 bridgehead atoms. The molecule has 2 rings (SSSR count). The van der Waals surface area contributed by atoms with E-state index in [1.165, 1.54) is 7.11 Å². The number of esters is 1. The zero-order valence-corrected chi connectivity index (χ0v) is 15.0. The summed E-state index contributed by atoms with van der Waals surface area (Å²) in [5, 5.41) is 0. The second kappa shape index (κ2) is 8.18. The van der Waals surface area contributed by atoms with Gasteiger partial charge in [-0.05, 0) is 50.3 Å². The second-order valence-corrected chi connectivity index (χ2v) is 6.41. The van der Waals surface area contributed by atoms with Crippen LogP contribution in [0.25, 0.3) is 0 Å². The van der Waals surface area contributed by atoms with Crippen LogP contribution in [0.5, 0.6) is 5.75 Å². The number of likely N-dealkylation sites (tertiary alicyclic amines) is 1. The summed E-state index contributed by atoms with van der Waals surface area (Å²) in [5.41, 5.74) is 2.13. The number of aryl methyl sites for hydroxylation is 2. The van der Waals surface area contributed by atoms with Crippen molar-refractivity contribution in [3.05, 3.63) is 29.3 Å². The number of nitrogens with zero attached hydrogens (tertiary/aromatic N) is 1. The lowest BCUT2D eigenvalue weighted by atomic mass is 9.96. The van der Waals surface area contributed by atoms with Gasteiger partial charge in [0.05, 0.1) is 13.0 Å². The average Bonchev–Trinajstić information content (AvgIpc) is 2.61. The molecule has 1 aliphatic rings. The summed E-state index contributed by atoms with van der Waals surface area (Å²) < 4.78 is 10.8. The quantitative estimate of drug-likeness (QED) is 0.778. The van der Waals surface area contributed by atoms with E-state index in [0.29, 0.717) is 32.4 Å². The summed E-state index contributed by atoms with van der Waals surface area (Å²) >= 11 is 0. The summed E-state index contributed by atoms with van der Waals surface area (Å²) in [5.74, 6) is 0.487. The number of rotatable bonds is 5. The zero-order valence-electron chi connectivity index (χ0n) is 15.0. The van der Waals surface area contributed by atoms with Gasteiger partial charge in [-0.1, -0.05) is 19.1 Å². The Morgan fingerprint density at radius 2 is 1.92 bits per heavy atom. The molecule has 132 valence electrons. The van der Waals surface area contributed by atoms with Gasteiger partial charge in [0, 0.05) is 13.1 Å². The maximum atomic E-state index is 12.8. The molecule has 0 N–H and O–H groups in total. The molecule has 0 aliphatic carbocycles. The molecule has 1 saturated heterocycles. The predicted octanol–water partition coefficient (Wildman–Crippen LogP) is 2.87. The Bertz CT molecular complexity index is 591. The van der Waals surface area contributed by atoms with Crippen molar-refractivity contribution in [1.29, 1.82) is 0 Å². The third kappa shape index (κ3) is 4.28. The predicted molar refractivity (Wildman–Crippen MR) is 91.9 cm³/mol. The minimum Gasteiger partial charge on any atom is -0.480 e. The molecule has 0 radical (unpaired) electrons. The van der Waals surface area contributed by atoms with Gasteiger partial charge >= 0.3 is 5.97 Å². The van der Waals surface area contributed by atoms with Gasteiger partial charge in [0.1, 0.15) is 5.75 Å². The van der Waals surface area contributed by atoms with Crippen LogP contribution in [0.3, 0.4) is 0 Å². The van der Waals surface area contributed by atoms with Crippen molar-refractivity contribution in [2.75, 3.05) is 20.2 Å². The molecule has 0 spiro atoms. The molecule has 1 atom stereocenters. The zero-order chi connectivity index (χ0) is 17.7. The van der Waals surface area contributed by atoms with Crippen LogP contribution >= 0.6 is 0 Å². The first-order chi connectivity index (χ1) is 11.5. The fourth-order valence-electron chi connectivity index (χ4n) is 3.00. The molecule has 24 heavy (non-hydrogen) atoms. The summed E-state index contributed by atoms with van der Waals surface area (Å²) in [6.07, 6.45) is 1.43. The van der Waals surface area contributed by atoms with Gasteiger partial charge in [-0.25, -0.2) is 0 Å².